The number of Topliss-reactive ketones (excluding diaryl/α,β-unsaturated/α-hetero) is 1. The van der Waals surface area contributed by atoms with Crippen molar-refractivity contribution in [3.63, 3.8) is 0 Å². The number of ketones is 1. The fourth-order valence-corrected chi connectivity index (χ4v) is 4.32. The predicted octanol–water partition coefficient (Wildman–Crippen LogP) is 4.47. The molecule has 136 valence electrons. The van der Waals surface area contributed by atoms with E-state index in [0.29, 0.717) is 16.0 Å². The third kappa shape index (κ3) is 2.88. The summed E-state index contributed by atoms with van der Waals surface area (Å²) in [5.41, 5.74) is 1.49. The smallest absolute Gasteiger partial charge is 0.274 e. The van der Waals surface area contributed by atoms with Crippen LogP contribution in [-0.4, -0.2) is 16.4 Å². The van der Waals surface area contributed by atoms with Gasteiger partial charge < -0.3 is 0 Å². The van der Waals surface area contributed by atoms with Crippen molar-refractivity contribution in [2.24, 2.45) is 0 Å². The lowest BCUT2D eigenvalue weighted by atomic mass is 9.96. The number of fused-ring (bicyclic) bond motifs is 2. The molecule has 0 saturated heterocycles. The quantitative estimate of drug-likeness (QED) is 0.385. The Kier molecular flexibility index (Phi) is 4.72. The van der Waals surface area contributed by atoms with Crippen LogP contribution in [0.5, 0.6) is 0 Å². The molecule has 2 aromatic heterocycles. The summed E-state index contributed by atoms with van der Waals surface area (Å²) in [5.74, 6) is -0.110. The predicted molar refractivity (Wildman–Crippen MR) is 112 cm³/mol. The first-order valence-corrected chi connectivity index (χ1v) is 9.99. The molecule has 0 atom stereocenters. The Balaban J connectivity index is 1.93. The van der Waals surface area contributed by atoms with Gasteiger partial charge in [-0.2, -0.15) is 5.26 Å². The summed E-state index contributed by atoms with van der Waals surface area (Å²) < 4.78 is 1.38. The third-order valence-electron chi connectivity index (χ3n) is 4.83. The van der Waals surface area contributed by atoms with Gasteiger partial charge in [0.05, 0.1) is 11.1 Å². The van der Waals surface area contributed by atoms with Crippen LogP contribution in [0.15, 0.2) is 76.6 Å². The maximum absolute atomic E-state index is 13.4. The first-order valence-electron chi connectivity index (χ1n) is 8.77. The van der Waals surface area contributed by atoms with Crippen molar-refractivity contribution in [1.29, 1.82) is 5.26 Å². The van der Waals surface area contributed by atoms with E-state index in [-0.39, 0.29) is 17.8 Å². The summed E-state index contributed by atoms with van der Waals surface area (Å²) in [6.45, 7) is 0. The fourth-order valence-electron chi connectivity index (χ4n) is 3.56. The first kappa shape index (κ1) is 18.0. The lowest BCUT2D eigenvalue weighted by Crippen LogP contribution is -2.22. The number of nitriles is 1. The number of carbonyl (C=O) groups is 1. The van der Waals surface area contributed by atoms with Gasteiger partial charge in [0.1, 0.15) is 11.6 Å². The lowest BCUT2D eigenvalue weighted by Gasteiger charge is -2.13. The van der Waals surface area contributed by atoms with Crippen LogP contribution in [0.2, 0.25) is 0 Å². The second kappa shape index (κ2) is 7.34. The molecule has 0 amide bonds. The largest absolute Gasteiger partial charge is 0.294 e. The molecule has 2 heterocycles. The minimum atomic E-state index is -0.399. The van der Waals surface area contributed by atoms with E-state index in [1.165, 1.54) is 16.2 Å². The highest BCUT2D eigenvalue weighted by atomic mass is 32.2. The number of nitrogens with zero attached hydrogens (tertiary/aromatic N) is 2. The number of pyridine rings is 2. The van der Waals surface area contributed by atoms with Gasteiger partial charge in [-0.15, -0.1) is 11.8 Å². The minimum absolute atomic E-state index is 0.0115. The van der Waals surface area contributed by atoms with Gasteiger partial charge in [0.15, 0.2) is 5.78 Å². The number of hydrogen-bond acceptors (Lipinski definition) is 4. The standard InChI is InChI=1S/C23H16N2O2S/c1-28-22-18(14-24)23(27)25-12-5-4-11-19(25)21(22)20(26)13-16-9-6-8-15-7-2-3-10-17(15)16/h2-12H,13H2,1H3. The van der Waals surface area contributed by atoms with E-state index >= 15 is 0 Å². The maximum Gasteiger partial charge on any atom is 0.274 e. The summed E-state index contributed by atoms with van der Waals surface area (Å²) >= 11 is 1.26. The molecule has 0 saturated carbocycles. The molecule has 0 radical (unpaired) electrons. The zero-order valence-electron chi connectivity index (χ0n) is 15.2. The van der Waals surface area contributed by atoms with E-state index in [1.807, 2.05) is 48.5 Å². The molecule has 4 nitrogen and oxygen atoms in total. The minimum Gasteiger partial charge on any atom is -0.294 e. The van der Waals surface area contributed by atoms with E-state index in [9.17, 15) is 14.9 Å². The molecular weight excluding hydrogens is 368 g/mol. The molecule has 0 unspecified atom stereocenters. The average molecular weight is 384 g/mol. The van der Waals surface area contributed by atoms with Gasteiger partial charge >= 0.3 is 0 Å². The fraction of sp³-hybridized carbons (Fsp3) is 0.0870. The monoisotopic (exact) mass is 384 g/mol. The van der Waals surface area contributed by atoms with E-state index in [0.717, 1.165) is 16.3 Å². The third-order valence-corrected chi connectivity index (χ3v) is 5.65. The Labute approximate surface area is 166 Å². The Hall–Kier alpha value is -3.36. The van der Waals surface area contributed by atoms with Crippen LogP contribution in [0.1, 0.15) is 21.5 Å². The van der Waals surface area contributed by atoms with Gasteiger partial charge in [0.2, 0.25) is 0 Å². The summed E-state index contributed by atoms with van der Waals surface area (Å²) in [4.78, 5) is 26.5. The van der Waals surface area contributed by atoms with Crippen molar-refractivity contribution in [2.75, 3.05) is 6.26 Å². The second-order valence-corrected chi connectivity index (χ2v) is 7.21. The average Bonchev–Trinajstić information content (AvgIpc) is 2.73. The highest BCUT2D eigenvalue weighted by Crippen LogP contribution is 2.28. The van der Waals surface area contributed by atoms with Crippen molar-refractivity contribution < 1.29 is 4.79 Å². The van der Waals surface area contributed by atoms with Gasteiger partial charge in [-0.05, 0) is 34.7 Å². The SMILES string of the molecule is CSc1c(C#N)c(=O)n2ccccc2c1C(=O)Cc1cccc2ccccc12. The van der Waals surface area contributed by atoms with Gasteiger partial charge in [-0.3, -0.25) is 14.0 Å². The Morgan fingerprint density at radius 2 is 1.82 bits per heavy atom. The molecule has 0 aliphatic carbocycles. The van der Waals surface area contributed by atoms with Gasteiger partial charge in [-0.1, -0.05) is 48.5 Å². The zero-order valence-corrected chi connectivity index (χ0v) is 16.0. The molecule has 0 aliphatic heterocycles. The summed E-state index contributed by atoms with van der Waals surface area (Å²) in [6, 6.07) is 21.1. The molecule has 28 heavy (non-hydrogen) atoms. The van der Waals surface area contributed by atoms with Crippen LogP contribution in [-0.2, 0) is 6.42 Å². The van der Waals surface area contributed by atoms with E-state index < -0.39 is 5.56 Å². The number of hydrogen-bond donors (Lipinski definition) is 0. The molecule has 2 aromatic carbocycles. The molecule has 0 spiro atoms. The summed E-state index contributed by atoms with van der Waals surface area (Å²) in [7, 11) is 0. The first-order chi connectivity index (χ1) is 13.7. The topological polar surface area (TPSA) is 62.3 Å². The van der Waals surface area contributed by atoms with Crippen LogP contribution in [0, 0.1) is 11.3 Å². The van der Waals surface area contributed by atoms with Crippen LogP contribution >= 0.6 is 11.8 Å². The van der Waals surface area contributed by atoms with Crippen molar-refractivity contribution >= 4 is 33.8 Å². The Morgan fingerprint density at radius 1 is 1.07 bits per heavy atom. The highest BCUT2D eigenvalue weighted by molar-refractivity contribution is 7.98. The Morgan fingerprint density at radius 3 is 2.61 bits per heavy atom. The lowest BCUT2D eigenvalue weighted by molar-refractivity contribution is 0.0991. The van der Waals surface area contributed by atoms with Crippen molar-refractivity contribution in [3.8, 4) is 6.07 Å². The van der Waals surface area contributed by atoms with Crippen molar-refractivity contribution in [3.05, 3.63) is 93.9 Å². The Bertz CT molecular complexity index is 1330. The van der Waals surface area contributed by atoms with E-state index in [2.05, 4.69) is 0 Å². The molecule has 0 aliphatic rings. The molecule has 4 rings (SSSR count). The molecule has 0 bridgehead atoms. The number of carbonyl (C=O) groups excluding carboxylic acids is 1. The molecule has 5 heteroatoms. The van der Waals surface area contributed by atoms with Crippen LogP contribution in [0.25, 0.3) is 16.3 Å². The van der Waals surface area contributed by atoms with Gasteiger partial charge in [0, 0.05) is 17.5 Å². The summed E-state index contributed by atoms with van der Waals surface area (Å²) in [6.07, 6.45) is 3.57. The van der Waals surface area contributed by atoms with Gasteiger partial charge in [0.25, 0.3) is 5.56 Å². The van der Waals surface area contributed by atoms with E-state index in [4.69, 9.17) is 0 Å². The molecule has 0 N–H and O–H groups in total. The van der Waals surface area contributed by atoms with Crippen molar-refractivity contribution in [2.45, 2.75) is 11.3 Å². The van der Waals surface area contributed by atoms with Crippen LogP contribution in [0.3, 0.4) is 0 Å². The highest BCUT2D eigenvalue weighted by Gasteiger charge is 2.22. The molecular formula is C23H16N2O2S. The molecule has 4 aromatic rings. The van der Waals surface area contributed by atoms with Crippen LogP contribution < -0.4 is 5.56 Å². The molecule has 0 fully saturated rings. The second-order valence-electron chi connectivity index (χ2n) is 6.39. The summed E-state index contributed by atoms with van der Waals surface area (Å²) in [5, 5.41) is 11.6. The number of benzene rings is 2. The number of aromatic nitrogens is 1. The number of rotatable bonds is 4. The normalized spacial score (nSPS) is 10.9. The maximum atomic E-state index is 13.4. The van der Waals surface area contributed by atoms with E-state index in [1.54, 1.807) is 30.7 Å². The zero-order chi connectivity index (χ0) is 19.7. The van der Waals surface area contributed by atoms with Crippen molar-refractivity contribution in [1.82, 2.24) is 4.40 Å². The number of thioether (sulfide) groups is 1. The van der Waals surface area contributed by atoms with Crippen LogP contribution in [0.4, 0.5) is 0 Å². The van der Waals surface area contributed by atoms with Gasteiger partial charge in [-0.25, -0.2) is 0 Å².